The Morgan fingerprint density at radius 1 is 1.22 bits per heavy atom. The van der Waals surface area contributed by atoms with E-state index in [4.69, 9.17) is 0 Å². The van der Waals surface area contributed by atoms with Crippen LogP contribution in [-0.4, -0.2) is 43.3 Å². The third kappa shape index (κ3) is 5.63. The Kier molecular flexibility index (Phi) is 6.94. The minimum absolute atomic E-state index is 0.215. The van der Waals surface area contributed by atoms with Crippen molar-refractivity contribution in [3.05, 3.63) is 0 Å². The molecular formula is C14H26N2O2. The summed E-state index contributed by atoms with van der Waals surface area (Å²) in [6, 6.07) is 0. The number of carbonyl (C=O) groups excluding carboxylic acids is 2. The number of likely N-dealkylation sites (N-methyl/N-ethyl adjacent to an activating group) is 1. The molecule has 0 unspecified atom stereocenters. The zero-order valence-corrected chi connectivity index (χ0v) is 11.7. The molecule has 0 radical (unpaired) electrons. The number of hydrogen-bond acceptors (Lipinski definition) is 3. The summed E-state index contributed by atoms with van der Waals surface area (Å²) in [5.41, 5.74) is 0. The highest BCUT2D eigenvalue weighted by Crippen LogP contribution is 2.22. The number of ketones is 1. The third-order valence-corrected chi connectivity index (χ3v) is 3.69. The molecule has 1 saturated heterocycles. The van der Waals surface area contributed by atoms with E-state index in [0.29, 0.717) is 12.3 Å². The molecule has 0 atom stereocenters. The summed E-state index contributed by atoms with van der Waals surface area (Å²) in [7, 11) is 1.81. The van der Waals surface area contributed by atoms with Crippen molar-refractivity contribution in [3.8, 4) is 0 Å². The lowest BCUT2D eigenvalue weighted by Crippen LogP contribution is -2.42. The second-order valence-corrected chi connectivity index (χ2v) is 5.30. The second-order valence-electron chi connectivity index (χ2n) is 5.30. The first-order valence-corrected chi connectivity index (χ1v) is 7.05. The van der Waals surface area contributed by atoms with Gasteiger partial charge in [0.15, 0.2) is 0 Å². The molecular weight excluding hydrogens is 228 g/mol. The predicted molar refractivity (Wildman–Crippen MR) is 72.4 cm³/mol. The fraction of sp³-hybridized carbons (Fsp3) is 0.857. The minimum atomic E-state index is 0.215. The van der Waals surface area contributed by atoms with Crippen LogP contribution in [0.4, 0.5) is 0 Å². The summed E-state index contributed by atoms with van der Waals surface area (Å²) in [4.78, 5) is 24.5. The van der Waals surface area contributed by atoms with E-state index in [9.17, 15) is 9.59 Å². The van der Waals surface area contributed by atoms with Crippen LogP contribution in [0.1, 0.15) is 45.4 Å². The standard InChI is InChI=1S/C14H26N2O2/c1-12(17)5-3-4-6-13-7-9-16(10-8-13)14(18)11-15-2/h13,15H,3-11H2,1-2H3. The highest BCUT2D eigenvalue weighted by molar-refractivity contribution is 5.78. The van der Waals surface area contributed by atoms with Gasteiger partial charge in [-0.05, 0) is 39.2 Å². The molecule has 0 aliphatic carbocycles. The van der Waals surface area contributed by atoms with Gasteiger partial charge in [0.1, 0.15) is 5.78 Å². The van der Waals surface area contributed by atoms with E-state index < -0.39 is 0 Å². The van der Waals surface area contributed by atoms with Gasteiger partial charge >= 0.3 is 0 Å². The van der Waals surface area contributed by atoms with E-state index in [1.165, 1.54) is 6.42 Å². The average molecular weight is 254 g/mol. The number of nitrogens with zero attached hydrogens (tertiary/aromatic N) is 1. The number of carbonyl (C=O) groups is 2. The Balaban J connectivity index is 2.11. The quantitative estimate of drug-likeness (QED) is 0.702. The van der Waals surface area contributed by atoms with Crippen molar-refractivity contribution in [1.82, 2.24) is 10.2 Å². The topological polar surface area (TPSA) is 49.4 Å². The Hall–Kier alpha value is -0.900. The second kappa shape index (κ2) is 8.25. The van der Waals surface area contributed by atoms with E-state index >= 15 is 0 Å². The molecule has 1 heterocycles. The Labute approximate surface area is 110 Å². The smallest absolute Gasteiger partial charge is 0.236 e. The SMILES string of the molecule is CNCC(=O)N1CCC(CCCCC(C)=O)CC1. The summed E-state index contributed by atoms with van der Waals surface area (Å²) in [6.07, 6.45) is 6.34. The highest BCUT2D eigenvalue weighted by atomic mass is 16.2. The van der Waals surface area contributed by atoms with Gasteiger partial charge in [0.2, 0.25) is 5.91 Å². The van der Waals surface area contributed by atoms with Gasteiger partial charge in [0.25, 0.3) is 0 Å². The summed E-state index contributed by atoms with van der Waals surface area (Å²) in [6.45, 7) is 3.91. The van der Waals surface area contributed by atoms with Crippen molar-refractivity contribution in [1.29, 1.82) is 0 Å². The molecule has 0 spiro atoms. The van der Waals surface area contributed by atoms with Gasteiger partial charge in [-0.1, -0.05) is 12.8 Å². The van der Waals surface area contributed by atoms with Crippen LogP contribution in [0.25, 0.3) is 0 Å². The first kappa shape index (κ1) is 15.2. The summed E-state index contributed by atoms with van der Waals surface area (Å²) < 4.78 is 0. The lowest BCUT2D eigenvalue weighted by molar-refractivity contribution is -0.131. The number of nitrogens with one attached hydrogen (secondary N) is 1. The number of Topliss-reactive ketones (excluding diaryl/α,β-unsaturated/α-hetero) is 1. The van der Waals surface area contributed by atoms with Crippen LogP contribution in [-0.2, 0) is 9.59 Å². The van der Waals surface area contributed by atoms with Crippen LogP contribution in [0, 0.1) is 5.92 Å². The summed E-state index contributed by atoms with van der Waals surface area (Å²) in [5, 5.41) is 2.91. The highest BCUT2D eigenvalue weighted by Gasteiger charge is 2.21. The van der Waals surface area contributed by atoms with E-state index in [2.05, 4.69) is 5.32 Å². The number of unbranched alkanes of at least 4 members (excludes halogenated alkanes) is 1. The van der Waals surface area contributed by atoms with E-state index in [0.717, 1.165) is 51.1 Å². The number of amides is 1. The van der Waals surface area contributed by atoms with Crippen LogP contribution in [0.15, 0.2) is 0 Å². The Morgan fingerprint density at radius 3 is 2.44 bits per heavy atom. The third-order valence-electron chi connectivity index (χ3n) is 3.69. The van der Waals surface area contributed by atoms with Crippen LogP contribution in [0.5, 0.6) is 0 Å². The molecule has 1 rings (SSSR count). The van der Waals surface area contributed by atoms with Crippen LogP contribution in [0.3, 0.4) is 0 Å². The molecule has 0 aromatic heterocycles. The Morgan fingerprint density at radius 2 is 1.89 bits per heavy atom. The molecule has 18 heavy (non-hydrogen) atoms. The molecule has 0 aromatic carbocycles. The predicted octanol–water partition coefficient (Wildman–Crippen LogP) is 1.59. The lowest BCUT2D eigenvalue weighted by Gasteiger charge is -2.32. The number of likely N-dealkylation sites (tertiary alicyclic amines) is 1. The van der Waals surface area contributed by atoms with Gasteiger partial charge in [-0.2, -0.15) is 0 Å². The maximum Gasteiger partial charge on any atom is 0.236 e. The molecule has 0 saturated carbocycles. The summed E-state index contributed by atoms with van der Waals surface area (Å²) in [5.74, 6) is 1.26. The molecule has 1 fully saturated rings. The number of rotatable bonds is 7. The van der Waals surface area contributed by atoms with Gasteiger partial charge in [-0.15, -0.1) is 0 Å². The van der Waals surface area contributed by atoms with Crippen molar-refractivity contribution < 1.29 is 9.59 Å². The van der Waals surface area contributed by atoms with Gasteiger partial charge in [-0.25, -0.2) is 0 Å². The largest absolute Gasteiger partial charge is 0.342 e. The molecule has 4 nitrogen and oxygen atoms in total. The van der Waals surface area contributed by atoms with Crippen molar-refractivity contribution in [2.24, 2.45) is 5.92 Å². The lowest BCUT2D eigenvalue weighted by atomic mass is 9.91. The molecule has 0 bridgehead atoms. The zero-order chi connectivity index (χ0) is 13.4. The molecule has 1 aliphatic rings. The first-order chi connectivity index (χ1) is 8.63. The fourth-order valence-electron chi connectivity index (χ4n) is 2.54. The molecule has 1 N–H and O–H groups in total. The van der Waals surface area contributed by atoms with E-state index in [-0.39, 0.29) is 5.91 Å². The van der Waals surface area contributed by atoms with Crippen LogP contribution in [0.2, 0.25) is 0 Å². The van der Waals surface area contributed by atoms with Gasteiger partial charge in [0, 0.05) is 19.5 Å². The normalized spacial score (nSPS) is 16.9. The average Bonchev–Trinajstić information content (AvgIpc) is 2.35. The van der Waals surface area contributed by atoms with Crippen LogP contribution >= 0.6 is 0 Å². The molecule has 0 aromatic rings. The molecule has 4 heteroatoms. The zero-order valence-electron chi connectivity index (χ0n) is 11.7. The summed E-state index contributed by atoms with van der Waals surface area (Å²) >= 11 is 0. The maximum absolute atomic E-state index is 11.7. The van der Waals surface area contributed by atoms with E-state index in [1.54, 1.807) is 14.0 Å². The van der Waals surface area contributed by atoms with E-state index in [1.807, 2.05) is 4.90 Å². The van der Waals surface area contributed by atoms with Gasteiger partial charge in [0.05, 0.1) is 6.54 Å². The van der Waals surface area contributed by atoms with Gasteiger partial charge < -0.3 is 15.0 Å². The van der Waals surface area contributed by atoms with Crippen molar-refractivity contribution >= 4 is 11.7 Å². The van der Waals surface area contributed by atoms with Crippen molar-refractivity contribution in [2.75, 3.05) is 26.7 Å². The minimum Gasteiger partial charge on any atom is -0.342 e. The molecule has 1 aliphatic heterocycles. The van der Waals surface area contributed by atoms with Gasteiger partial charge in [-0.3, -0.25) is 4.79 Å². The van der Waals surface area contributed by atoms with Crippen molar-refractivity contribution in [3.63, 3.8) is 0 Å². The fourth-order valence-corrected chi connectivity index (χ4v) is 2.54. The van der Waals surface area contributed by atoms with Crippen molar-refractivity contribution in [2.45, 2.75) is 45.4 Å². The maximum atomic E-state index is 11.7. The Bertz CT molecular complexity index is 271. The monoisotopic (exact) mass is 254 g/mol. The number of hydrogen-bond donors (Lipinski definition) is 1. The van der Waals surface area contributed by atoms with Crippen LogP contribution < -0.4 is 5.32 Å². The first-order valence-electron chi connectivity index (χ1n) is 7.05. The molecule has 104 valence electrons. The molecule has 1 amide bonds. The number of piperidine rings is 1.